The molecule has 0 aliphatic carbocycles. The summed E-state index contributed by atoms with van der Waals surface area (Å²) in [6.07, 6.45) is -10.2. The summed E-state index contributed by atoms with van der Waals surface area (Å²) in [5, 5.41) is 8.74. The van der Waals surface area contributed by atoms with Crippen molar-refractivity contribution in [3.05, 3.63) is 34.9 Å². The predicted molar refractivity (Wildman–Crippen MR) is 70.3 cm³/mol. The van der Waals surface area contributed by atoms with E-state index in [1.165, 1.54) is 13.8 Å². The number of hydrogen-bond acceptors (Lipinski definition) is 2. The quantitative estimate of drug-likeness (QED) is 0.837. The number of carboxylic acids is 1. The fourth-order valence-electron chi connectivity index (χ4n) is 1.88. The lowest BCUT2D eigenvalue weighted by atomic mass is 10.0. The lowest BCUT2D eigenvalue weighted by molar-refractivity contribution is -0.143. The number of rotatable bonds is 4. The summed E-state index contributed by atoms with van der Waals surface area (Å²) in [5.74, 6) is -2.68. The zero-order valence-electron chi connectivity index (χ0n) is 12.5. The van der Waals surface area contributed by atoms with E-state index in [1.54, 1.807) is 0 Å². The zero-order valence-corrected chi connectivity index (χ0v) is 12.5. The molecule has 134 valence electrons. The molecule has 0 radical (unpaired) electrons. The van der Waals surface area contributed by atoms with E-state index in [0.717, 1.165) is 0 Å². The molecule has 0 bridgehead atoms. The van der Waals surface area contributed by atoms with E-state index in [0.29, 0.717) is 4.90 Å². The molecule has 0 aliphatic rings. The molecular formula is C14H13F6NO3. The van der Waals surface area contributed by atoms with E-state index in [-0.39, 0.29) is 18.2 Å². The Morgan fingerprint density at radius 1 is 1.00 bits per heavy atom. The van der Waals surface area contributed by atoms with Gasteiger partial charge in [-0.2, -0.15) is 26.3 Å². The number of benzene rings is 1. The van der Waals surface area contributed by atoms with Gasteiger partial charge in [0, 0.05) is 11.6 Å². The van der Waals surface area contributed by atoms with Crippen molar-refractivity contribution >= 4 is 11.9 Å². The Hall–Kier alpha value is -2.26. The molecule has 0 atom stereocenters. The van der Waals surface area contributed by atoms with Gasteiger partial charge in [-0.15, -0.1) is 0 Å². The lowest BCUT2D eigenvalue weighted by Gasteiger charge is -2.25. The SMILES string of the molecule is CC(C)N(CC(=O)O)C(=O)c1cc(C(F)(F)F)cc(C(F)(F)F)c1. The minimum absolute atomic E-state index is 0.103. The van der Waals surface area contributed by atoms with Gasteiger partial charge in [0.05, 0.1) is 11.1 Å². The summed E-state index contributed by atoms with van der Waals surface area (Å²) in [5.41, 5.74) is -4.16. The predicted octanol–water partition coefficient (Wildman–Crippen LogP) is 3.66. The van der Waals surface area contributed by atoms with Crippen molar-refractivity contribution in [3.63, 3.8) is 0 Å². The molecule has 0 unspecified atom stereocenters. The van der Waals surface area contributed by atoms with Crippen LogP contribution in [-0.2, 0) is 17.1 Å². The van der Waals surface area contributed by atoms with Gasteiger partial charge >= 0.3 is 18.3 Å². The normalized spacial score (nSPS) is 12.4. The fourth-order valence-corrected chi connectivity index (χ4v) is 1.88. The Morgan fingerprint density at radius 3 is 1.71 bits per heavy atom. The molecule has 4 nitrogen and oxygen atoms in total. The number of nitrogens with zero attached hydrogens (tertiary/aromatic N) is 1. The molecule has 1 amide bonds. The van der Waals surface area contributed by atoms with Crippen molar-refractivity contribution in [2.75, 3.05) is 6.54 Å². The largest absolute Gasteiger partial charge is 0.480 e. The van der Waals surface area contributed by atoms with Gasteiger partial charge < -0.3 is 10.0 Å². The van der Waals surface area contributed by atoms with Crippen molar-refractivity contribution in [3.8, 4) is 0 Å². The molecule has 1 N–H and O–H groups in total. The topological polar surface area (TPSA) is 57.6 Å². The van der Waals surface area contributed by atoms with Crippen molar-refractivity contribution in [1.82, 2.24) is 4.90 Å². The van der Waals surface area contributed by atoms with Crippen molar-refractivity contribution in [1.29, 1.82) is 0 Å². The Kier molecular flexibility index (Phi) is 5.52. The Bertz CT molecular complexity index is 604. The molecule has 0 aliphatic heterocycles. The van der Waals surface area contributed by atoms with Gasteiger partial charge in [0.2, 0.25) is 0 Å². The van der Waals surface area contributed by atoms with E-state index in [2.05, 4.69) is 0 Å². The standard InChI is InChI=1S/C14H13F6NO3/c1-7(2)21(6-11(22)23)12(24)8-3-9(13(15,16)17)5-10(4-8)14(18,19)20/h3-5,7H,6H2,1-2H3,(H,22,23). The van der Waals surface area contributed by atoms with E-state index >= 15 is 0 Å². The first kappa shape index (κ1) is 19.8. The van der Waals surface area contributed by atoms with Crippen LogP contribution in [0.15, 0.2) is 18.2 Å². The van der Waals surface area contributed by atoms with Gasteiger partial charge in [0.25, 0.3) is 5.91 Å². The van der Waals surface area contributed by atoms with Crippen LogP contribution in [-0.4, -0.2) is 34.5 Å². The van der Waals surface area contributed by atoms with Crippen molar-refractivity contribution in [2.24, 2.45) is 0 Å². The van der Waals surface area contributed by atoms with Gasteiger partial charge in [-0.05, 0) is 32.0 Å². The summed E-state index contributed by atoms with van der Waals surface area (Å²) < 4.78 is 76.7. The van der Waals surface area contributed by atoms with Crippen LogP contribution in [0.4, 0.5) is 26.3 Å². The van der Waals surface area contributed by atoms with Crippen LogP contribution in [0.25, 0.3) is 0 Å². The van der Waals surface area contributed by atoms with Gasteiger partial charge in [-0.25, -0.2) is 0 Å². The summed E-state index contributed by atoms with van der Waals surface area (Å²) in [7, 11) is 0. The lowest BCUT2D eigenvalue weighted by Crippen LogP contribution is -2.40. The first-order valence-corrected chi connectivity index (χ1v) is 6.55. The van der Waals surface area contributed by atoms with Gasteiger partial charge in [0.1, 0.15) is 6.54 Å². The molecule has 1 aromatic rings. The molecule has 0 aromatic heterocycles. The Morgan fingerprint density at radius 2 is 1.42 bits per heavy atom. The summed E-state index contributed by atoms with van der Waals surface area (Å²) in [6, 6.07) is -0.297. The molecule has 0 heterocycles. The van der Waals surface area contributed by atoms with E-state index in [4.69, 9.17) is 5.11 Å². The Balaban J connectivity index is 3.45. The third-order valence-corrected chi connectivity index (χ3v) is 3.02. The summed E-state index contributed by atoms with van der Waals surface area (Å²) >= 11 is 0. The first-order chi connectivity index (χ1) is 10.7. The average molecular weight is 357 g/mol. The van der Waals surface area contributed by atoms with Gasteiger partial charge in [-0.3, -0.25) is 9.59 Å². The van der Waals surface area contributed by atoms with Crippen LogP contribution >= 0.6 is 0 Å². The monoisotopic (exact) mass is 357 g/mol. The van der Waals surface area contributed by atoms with E-state index in [9.17, 15) is 35.9 Å². The minimum atomic E-state index is -5.09. The fraction of sp³-hybridized carbons (Fsp3) is 0.429. The number of aliphatic carboxylic acids is 1. The van der Waals surface area contributed by atoms with Crippen molar-refractivity contribution < 1.29 is 41.0 Å². The maximum atomic E-state index is 12.8. The third-order valence-electron chi connectivity index (χ3n) is 3.02. The molecule has 0 spiro atoms. The molecule has 1 aromatic carbocycles. The average Bonchev–Trinajstić information content (AvgIpc) is 2.41. The molecule has 24 heavy (non-hydrogen) atoms. The van der Waals surface area contributed by atoms with Crippen LogP contribution in [0.3, 0.4) is 0 Å². The van der Waals surface area contributed by atoms with Crippen LogP contribution in [0.1, 0.15) is 35.3 Å². The molecular weight excluding hydrogens is 344 g/mol. The number of alkyl halides is 6. The highest BCUT2D eigenvalue weighted by Crippen LogP contribution is 2.36. The van der Waals surface area contributed by atoms with Gasteiger partial charge in [0.15, 0.2) is 0 Å². The highest BCUT2D eigenvalue weighted by atomic mass is 19.4. The minimum Gasteiger partial charge on any atom is -0.480 e. The Labute approximate surface area is 132 Å². The first-order valence-electron chi connectivity index (χ1n) is 6.55. The molecule has 0 saturated carbocycles. The highest BCUT2D eigenvalue weighted by molar-refractivity contribution is 5.96. The second-order valence-corrected chi connectivity index (χ2v) is 5.22. The number of halogens is 6. The van der Waals surface area contributed by atoms with Gasteiger partial charge in [-0.1, -0.05) is 0 Å². The molecule has 0 saturated heterocycles. The number of hydrogen-bond donors (Lipinski definition) is 1. The summed E-state index contributed by atoms with van der Waals surface area (Å²) in [4.78, 5) is 23.6. The number of amides is 1. The van der Waals surface area contributed by atoms with E-state index < -0.39 is 53.5 Å². The number of carbonyl (C=O) groups is 2. The van der Waals surface area contributed by atoms with Crippen LogP contribution < -0.4 is 0 Å². The second-order valence-electron chi connectivity index (χ2n) is 5.22. The molecule has 10 heteroatoms. The maximum Gasteiger partial charge on any atom is 0.416 e. The number of carboxylic acid groups (broad SMARTS) is 1. The smallest absolute Gasteiger partial charge is 0.416 e. The third kappa shape index (κ3) is 4.87. The van der Waals surface area contributed by atoms with E-state index in [1.807, 2.05) is 0 Å². The number of carbonyl (C=O) groups excluding carboxylic acids is 1. The molecule has 0 fully saturated rings. The van der Waals surface area contributed by atoms with Crippen LogP contribution in [0.2, 0.25) is 0 Å². The molecule has 1 rings (SSSR count). The van der Waals surface area contributed by atoms with Crippen molar-refractivity contribution in [2.45, 2.75) is 32.2 Å². The zero-order chi connectivity index (χ0) is 18.9. The summed E-state index contributed by atoms with van der Waals surface area (Å²) in [6.45, 7) is 1.92. The van der Waals surface area contributed by atoms with Crippen LogP contribution in [0.5, 0.6) is 0 Å². The second kappa shape index (κ2) is 6.70. The highest BCUT2D eigenvalue weighted by Gasteiger charge is 2.38. The van der Waals surface area contributed by atoms with Crippen LogP contribution in [0, 0.1) is 0 Å². The maximum absolute atomic E-state index is 12.8.